The van der Waals surface area contributed by atoms with Crippen molar-refractivity contribution >= 4 is 11.6 Å². The van der Waals surface area contributed by atoms with Crippen molar-refractivity contribution in [3.05, 3.63) is 39.9 Å². The van der Waals surface area contributed by atoms with Crippen LogP contribution in [0.3, 0.4) is 0 Å². The lowest BCUT2D eigenvalue weighted by Crippen LogP contribution is -2.54. The van der Waals surface area contributed by atoms with Crippen molar-refractivity contribution in [2.45, 2.75) is 44.2 Å². The molecule has 3 N–H and O–H groups in total. The number of hydrogen-bond acceptors (Lipinski definition) is 4. The fourth-order valence-electron chi connectivity index (χ4n) is 2.55. The Morgan fingerprint density at radius 1 is 1.35 bits per heavy atom. The second-order valence-corrected chi connectivity index (χ2v) is 5.33. The first-order valence-electron chi connectivity index (χ1n) is 6.82. The van der Waals surface area contributed by atoms with Crippen molar-refractivity contribution in [2.24, 2.45) is 5.73 Å². The molecule has 0 saturated heterocycles. The fraction of sp³-hybridized carbons (Fsp3) is 0.500. The van der Waals surface area contributed by atoms with Gasteiger partial charge in [0.2, 0.25) is 5.91 Å². The van der Waals surface area contributed by atoms with E-state index in [2.05, 4.69) is 5.32 Å². The lowest BCUT2D eigenvalue weighted by Gasteiger charge is -2.31. The molecular formula is C14H19N3O3. The van der Waals surface area contributed by atoms with Crippen molar-refractivity contribution in [3.63, 3.8) is 0 Å². The first-order chi connectivity index (χ1) is 9.51. The summed E-state index contributed by atoms with van der Waals surface area (Å²) in [6.45, 7) is 0.263. The number of carbonyl (C=O) groups excluding carboxylic acids is 1. The Morgan fingerprint density at radius 3 is 2.70 bits per heavy atom. The normalized spacial score (nSPS) is 17.4. The van der Waals surface area contributed by atoms with Gasteiger partial charge >= 0.3 is 0 Å². The summed E-state index contributed by atoms with van der Waals surface area (Å²) >= 11 is 0. The number of nitrogens with one attached hydrogen (secondary N) is 1. The van der Waals surface area contributed by atoms with Crippen LogP contribution >= 0.6 is 0 Å². The van der Waals surface area contributed by atoms with Crippen molar-refractivity contribution in [3.8, 4) is 0 Å². The number of nitrogens with zero attached hydrogens (tertiary/aromatic N) is 1. The van der Waals surface area contributed by atoms with E-state index in [0.717, 1.165) is 19.3 Å². The second-order valence-electron chi connectivity index (χ2n) is 5.33. The molecule has 0 bridgehead atoms. The third kappa shape index (κ3) is 3.33. The Bertz CT molecular complexity index is 510. The number of nitrogens with two attached hydrogens (primary N) is 1. The van der Waals surface area contributed by atoms with Crippen LogP contribution in [0.5, 0.6) is 0 Å². The van der Waals surface area contributed by atoms with Crippen LogP contribution in [0.15, 0.2) is 24.3 Å². The van der Waals surface area contributed by atoms with Crippen molar-refractivity contribution in [2.75, 3.05) is 0 Å². The summed E-state index contributed by atoms with van der Waals surface area (Å²) in [7, 11) is 0. The topological polar surface area (TPSA) is 98.3 Å². The lowest BCUT2D eigenvalue weighted by atomic mass is 9.82. The molecule has 1 aliphatic carbocycles. The Balaban J connectivity index is 1.96. The summed E-state index contributed by atoms with van der Waals surface area (Å²) in [6.07, 6.45) is 4.47. The summed E-state index contributed by atoms with van der Waals surface area (Å²) in [4.78, 5) is 22.4. The van der Waals surface area contributed by atoms with Crippen LogP contribution < -0.4 is 11.1 Å². The largest absolute Gasteiger partial charge is 0.350 e. The van der Waals surface area contributed by atoms with E-state index < -0.39 is 10.5 Å². The van der Waals surface area contributed by atoms with Crippen LogP contribution in [0, 0.1) is 10.1 Å². The summed E-state index contributed by atoms with van der Waals surface area (Å²) in [6, 6.07) is 6.25. The standard InChI is InChI=1S/C14H19N3O3/c15-14(7-2-1-3-8-14)13(18)16-10-11-5-4-6-12(9-11)17(19)20/h4-6,9H,1-3,7-8,10,15H2,(H,16,18). The quantitative estimate of drug-likeness (QED) is 0.648. The van der Waals surface area contributed by atoms with E-state index in [9.17, 15) is 14.9 Å². The molecule has 108 valence electrons. The van der Waals surface area contributed by atoms with Crippen molar-refractivity contribution < 1.29 is 9.72 Å². The van der Waals surface area contributed by atoms with Crippen LogP contribution in [0.2, 0.25) is 0 Å². The predicted molar refractivity (Wildman–Crippen MR) is 74.9 cm³/mol. The molecule has 1 aliphatic rings. The molecule has 0 unspecified atom stereocenters. The smallest absolute Gasteiger partial charge is 0.269 e. The van der Waals surface area contributed by atoms with Gasteiger partial charge in [0.15, 0.2) is 0 Å². The number of benzene rings is 1. The minimum atomic E-state index is -0.779. The minimum Gasteiger partial charge on any atom is -0.350 e. The zero-order valence-corrected chi connectivity index (χ0v) is 11.3. The molecule has 0 spiro atoms. The highest BCUT2D eigenvalue weighted by molar-refractivity contribution is 5.86. The van der Waals surface area contributed by atoms with Gasteiger partial charge in [0.05, 0.1) is 10.5 Å². The van der Waals surface area contributed by atoms with E-state index >= 15 is 0 Å². The van der Waals surface area contributed by atoms with Gasteiger partial charge in [-0.3, -0.25) is 14.9 Å². The molecule has 6 heteroatoms. The maximum Gasteiger partial charge on any atom is 0.269 e. The number of amides is 1. The van der Waals surface area contributed by atoms with Crippen LogP contribution in [0.4, 0.5) is 5.69 Å². The third-order valence-electron chi connectivity index (χ3n) is 3.77. The zero-order valence-electron chi connectivity index (χ0n) is 11.3. The van der Waals surface area contributed by atoms with Gasteiger partial charge in [-0.25, -0.2) is 0 Å². The molecule has 1 aromatic carbocycles. The molecule has 0 atom stereocenters. The van der Waals surface area contributed by atoms with E-state index in [1.54, 1.807) is 12.1 Å². The van der Waals surface area contributed by atoms with Crippen LogP contribution in [-0.2, 0) is 11.3 Å². The Kier molecular flexibility index (Phi) is 4.34. The third-order valence-corrected chi connectivity index (χ3v) is 3.77. The number of non-ortho nitro benzene ring substituents is 1. The summed E-state index contributed by atoms with van der Waals surface area (Å²) in [5.41, 5.74) is 6.07. The number of nitro groups is 1. The SMILES string of the molecule is NC1(C(=O)NCc2cccc([N+](=O)[O-])c2)CCCCC1. The monoisotopic (exact) mass is 277 g/mol. The molecule has 0 aromatic heterocycles. The number of hydrogen-bond donors (Lipinski definition) is 2. The van der Waals surface area contributed by atoms with Gasteiger partial charge in [0, 0.05) is 18.7 Å². The molecule has 0 heterocycles. The molecule has 0 aliphatic heterocycles. The van der Waals surface area contributed by atoms with Crippen LogP contribution in [0.25, 0.3) is 0 Å². The van der Waals surface area contributed by atoms with Gasteiger partial charge in [-0.2, -0.15) is 0 Å². The Labute approximate surface area is 117 Å². The average molecular weight is 277 g/mol. The van der Waals surface area contributed by atoms with Gasteiger partial charge in [-0.15, -0.1) is 0 Å². The van der Waals surface area contributed by atoms with Gasteiger partial charge in [-0.1, -0.05) is 31.4 Å². The van der Waals surface area contributed by atoms with Crippen molar-refractivity contribution in [1.29, 1.82) is 0 Å². The molecule has 6 nitrogen and oxygen atoms in total. The lowest BCUT2D eigenvalue weighted by molar-refractivity contribution is -0.384. The molecule has 1 amide bonds. The van der Waals surface area contributed by atoms with Gasteiger partial charge in [0.1, 0.15) is 0 Å². The number of carbonyl (C=O) groups is 1. The Hall–Kier alpha value is -1.95. The molecule has 1 fully saturated rings. The predicted octanol–water partition coefficient (Wildman–Crippen LogP) is 1.87. The molecule has 0 radical (unpaired) electrons. The van der Waals surface area contributed by atoms with Crippen LogP contribution in [-0.4, -0.2) is 16.4 Å². The van der Waals surface area contributed by atoms with E-state index in [1.165, 1.54) is 12.1 Å². The van der Waals surface area contributed by atoms with E-state index in [4.69, 9.17) is 5.73 Å². The Morgan fingerprint density at radius 2 is 2.05 bits per heavy atom. The first kappa shape index (κ1) is 14.5. The van der Waals surface area contributed by atoms with Gasteiger partial charge < -0.3 is 11.1 Å². The maximum absolute atomic E-state index is 12.1. The molecule has 1 aromatic rings. The second kappa shape index (κ2) is 6.00. The highest BCUT2D eigenvalue weighted by Gasteiger charge is 2.34. The highest BCUT2D eigenvalue weighted by Crippen LogP contribution is 2.26. The summed E-state index contributed by atoms with van der Waals surface area (Å²) in [5, 5.41) is 13.5. The molecule has 2 rings (SSSR count). The summed E-state index contributed by atoms with van der Waals surface area (Å²) < 4.78 is 0. The van der Waals surface area contributed by atoms with Gasteiger partial charge in [-0.05, 0) is 18.4 Å². The first-order valence-corrected chi connectivity index (χ1v) is 6.82. The van der Waals surface area contributed by atoms with E-state index in [1.807, 2.05) is 0 Å². The molecule has 1 saturated carbocycles. The van der Waals surface area contributed by atoms with E-state index in [0.29, 0.717) is 18.4 Å². The molecular weight excluding hydrogens is 258 g/mol. The molecule has 20 heavy (non-hydrogen) atoms. The average Bonchev–Trinajstić information content (AvgIpc) is 2.45. The van der Waals surface area contributed by atoms with Gasteiger partial charge in [0.25, 0.3) is 5.69 Å². The van der Waals surface area contributed by atoms with Crippen molar-refractivity contribution in [1.82, 2.24) is 5.32 Å². The summed E-state index contributed by atoms with van der Waals surface area (Å²) in [5.74, 6) is -0.163. The van der Waals surface area contributed by atoms with Crippen LogP contribution in [0.1, 0.15) is 37.7 Å². The number of nitro benzene ring substituents is 1. The number of rotatable bonds is 4. The maximum atomic E-state index is 12.1. The minimum absolute atomic E-state index is 0.0249. The highest BCUT2D eigenvalue weighted by atomic mass is 16.6. The zero-order chi connectivity index (χ0) is 14.6. The fourth-order valence-corrected chi connectivity index (χ4v) is 2.55. The van der Waals surface area contributed by atoms with E-state index in [-0.39, 0.29) is 18.1 Å².